The Morgan fingerprint density at radius 2 is 1.85 bits per heavy atom. The molecule has 0 spiro atoms. The monoisotopic (exact) mass is 502 g/mol. The van der Waals surface area contributed by atoms with Gasteiger partial charge in [0, 0.05) is 24.6 Å². The SMILES string of the molecule is CC(C)COC(C)(C=O)OCCCCSc1ncc(-c2ccccc2OC(F)(F)F)c(=O)n1C. The topological polar surface area (TPSA) is 79.7 Å². The van der Waals surface area contributed by atoms with E-state index in [1.165, 1.54) is 47.8 Å². The molecule has 1 aromatic carbocycles. The molecule has 2 rings (SSSR count). The predicted molar refractivity (Wildman–Crippen MR) is 123 cm³/mol. The van der Waals surface area contributed by atoms with Crippen LogP contribution < -0.4 is 10.3 Å². The molecule has 0 saturated carbocycles. The molecule has 0 aliphatic heterocycles. The lowest BCUT2D eigenvalue weighted by Gasteiger charge is -2.25. The predicted octanol–water partition coefficient (Wildman–Crippen LogP) is 4.82. The summed E-state index contributed by atoms with van der Waals surface area (Å²) in [6.45, 7) is 6.27. The highest BCUT2D eigenvalue weighted by molar-refractivity contribution is 7.99. The Labute approximate surface area is 200 Å². The molecule has 188 valence electrons. The van der Waals surface area contributed by atoms with Crippen LogP contribution in [0.2, 0.25) is 0 Å². The Morgan fingerprint density at radius 3 is 2.50 bits per heavy atom. The summed E-state index contributed by atoms with van der Waals surface area (Å²) in [6.07, 6.45) is -1.59. The van der Waals surface area contributed by atoms with E-state index in [0.717, 1.165) is 12.5 Å². The fourth-order valence-corrected chi connectivity index (χ4v) is 3.77. The molecule has 0 aliphatic carbocycles. The van der Waals surface area contributed by atoms with Crippen molar-refractivity contribution in [2.24, 2.45) is 13.0 Å². The zero-order valence-electron chi connectivity index (χ0n) is 19.6. The summed E-state index contributed by atoms with van der Waals surface area (Å²) >= 11 is 1.34. The fourth-order valence-electron chi connectivity index (χ4n) is 2.84. The molecule has 1 heterocycles. The number of carbonyl (C=O) groups excluding carboxylic acids is 1. The molecule has 2 aromatic rings. The summed E-state index contributed by atoms with van der Waals surface area (Å²) in [5.41, 5.74) is -0.461. The molecule has 0 fully saturated rings. The van der Waals surface area contributed by atoms with Crippen molar-refractivity contribution in [3.8, 4) is 16.9 Å². The third-order valence-electron chi connectivity index (χ3n) is 4.60. The molecule has 0 radical (unpaired) electrons. The highest BCUT2D eigenvalue weighted by Crippen LogP contribution is 2.32. The number of hydrogen-bond acceptors (Lipinski definition) is 7. The van der Waals surface area contributed by atoms with Crippen molar-refractivity contribution in [1.82, 2.24) is 9.55 Å². The van der Waals surface area contributed by atoms with Crippen LogP contribution in [-0.4, -0.2) is 47.0 Å². The summed E-state index contributed by atoms with van der Waals surface area (Å²) in [5.74, 6) is -0.837. The average Bonchev–Trinajstić information content (AvgIpc) is 2.77. The molecule has 0 N–H and O–H groups in total. The first-order valence-corrected chi connectivity index (χ1v) is 11.7. The number of aldehydes is 1. The van der Waals surface area contributed by atoms with E-state index in [4.69, 9.17) is 9.47 Å². The molecule has 34 heavy (non-hydrogen) atoms. The van der Waals surface area contributed by atoms with Crippen molar-refractivity contribution in [3.63, 3.8) is 0 Å². The van der Waals surface area contributed by atoms with Crippen LogP contribution in [0.1, 0.15) is 33.6 Å². The van der Waals surface area contributed by atoms with Crippen LogP contribution in [-0.2, 0) is 21.3 Å². The zero-order valence-corrected chi connectivity index (χ0v) is 20.4. The molecule has 0 saturated heterocycles. The van der Waals surface area contributed by atoms with E-state index < -0.39 is 23.5 Å². The first-order chi connectivity index (χ1) is 16.0. The maximum atomic E-state index is 12.8. The van der Waals surface area contributed by atoms with Gasteiger partial charge in [0.15, 0.2) is 11.4 Å². The lowest BCUT2D eigenvalue weighted by Crippen LogP contribution is -2.35. The van der Waals surface area contributed by atoms with E-state index in [1.54, 1.807) is 6.92 Å². The van der Waals surface area contributed by atoms with Gasteiger partial charge in [-0.25, -0.2) is 4.98 Å². The largest absolute Gasteiger partial charge is 0.573 e. The fraction of sp³-hybridized carbons (Fsp3) is 0.522. The maximum absolute atomic E-state index is 12.8. The molecule has 1 unspecified atom stereocenters. The zero-order chi connectivity index (χ0) is 25.4. The van der Waals surface area contributed by atoms with Crippen molar-refractivity contribution >= 4 is 18.0 Å². The number of thioether (sulfide) groups is 1. The van der Waals surface area contributed by atoms with Gasteiger partial charge in [0.05, 0.1) is 18.8 Å². The summed E-state index contributed by atoms with van der Waals surface area (Å²) in [7, 11) is 1.51. The van der Waals surface area contributed by atoms with Gasteiger partial charge in [-0.15, -0.1) is 13.2 Å². The lowest BCUT2D eigenvalue weighted by atomic mass is 10.1. The smallest absolute Gasteiger partial charge is 0.405 e. The van der Waals surface area contributed by atoms with Crippen molar-refractivity contribution in [2.75, 3.05) is 19.0 Å². The number of unbranched alkanes of at least 4 members (excludes halogenated alkanes) is 1. The number of halogens is 3. The van der Waals surface area contributed by atoms with Crippen molar-refractivity contribution in [2.45, 2.75) is 50.9 Å². The van der Waals surface area contributed by atoms with E-state index in [1.807, 2.05) is 13.8 Å². The first-order valence-electron chi connectivity index (χ1n) is 10.7. The molecule has 0 bridgehead atoms. The van der Waals surface area contributed by atoms with Crippen LogP contribution in [0.15, 0.2) is 40.4 Å². The molecular weight excluding hydrogens is 473 g/mol. The minimum absolute atomic E-state index is 0.00893. The molecule has 0 aliphatic rings. The number of hydrogen-bond donors (Lipinski definition) is 0. The highest BCUT2D eigenvalue weighted by Gasteiger charge is 2.32. The Morgan fingerprint density at radius 1 is 1.15 bits per heavy atom. The van der Waals surface area contributed by atoms with Gasteiger partial charge in [0.2, 0.25) is 5.79 Å². The third-order valence-corrected chi connectivity index (χ3v) is 5.74. The van der Waals surface area contributed by atoms with Crippen LogP contribution in [0.4, 0.5) is 13.2 Å². The molecular formula is C23H29F3N2O5S. The number of nitrogens with zero attached hydrogens (tertiary/aromatic N) is 2. The highest BCUT2D eigenvalue weighted by atomic mass is 32.2. The van der Waals surface area contributed by atoms with Crippen molar-refractivity contribution in [1.29, 1.82) is 0 Å². The second kappa shape index (κ2) is 12.4. The second-order valence-electron chi connectivity index (χ2n) is 8.11. The Hall–Kier alpha value is -2.37. The Kier molecular flexibility index (Phi) is 10.1. The number of ether oxygens (including phenoxy) is 3. The average molecular weight is 503 g/mol. The van der Waals surface area contributed by atoms with Gasteiger partial charge in [-0.05, 0) is 31.7 Å². The quantitative estimate of drug-likeness (QED) is 0.128. The van der Waals surface area contributed by atoms with E-state index in [-0.39, 0.29) is 17.0 Å². The lowest BCUT2D eigenvalue weighted by molar-refractivity contribution is -0.274. The van der Waals surface area contributed by atoms with Gasteiger partial charge >= 0.3 is 6.36 Å². The minimum atomic E-state index is -4.88. The summed E-state index contributed by atoms with van der Waals surface area (Å²) in [5, 5.41) is 0.432. The number of rotatable bonds is 13. The van der Waals surface area contributed by atoms with E-state index in [9.17, 15) is 22.8 Å². The van der Waals surface area contributed by atoms with E-state index in [2.05, 4.69) is 9.72 Å². The van der Waals surface area contributed by atoms with E-state index in [0.29, 0.717) is 36.8 Å². The van der Waals surface area contributed by atoms with Crippen LogP contribution in [0.5, 0.6) is 5.75 Å². The molecule has 0 amide bonds. The van der Waals surface area contributed by atoms with Gasteiger partial charge in [-0.3, -0.25) is 14.2 Å². The first kappa shape index (κ1) is 27.9. The standard InChI is InChI=1S/C23H29F3N2O5S/c1-16(2)14-32-22(3,15-29)31-11-7-8-12-34-21-27-13-18(20(30)28(21)4)17-9-5-6-10-19(17)33-23(24,25)26/h5-6,9-10,13,15-16H,7-8,11-12,14H2,1-4H3. The van der Waals surface area contributed by atoms with Crippen LogP contribution in [0, 0.1) is 5.92 Å². The van der Waals surface area contributed by atoms with E-state index >= 15 is 0 Å². The van der Waals surface area contributed by atoms with Gasteiger partial charge in [-0.1, -0.05) is 43.8 Å². The molecule has 7 nitrogen and oxygen atoms in total. The van der Waals surface area contributed by atoms with Gasteiger partial charge in [-0.2, -0.15) is 0 Å². The van der Waals surface area contributed by atoms with Gasteiger partial charge in [0.1, 0.15) is 5.75 Å². The van der Waals surface area contributed by atoms with Crippen LogP contribution in [0.3, 0.4) is 0 Å². The number of carbonyl (C=O) groups is 1. The number of alkyl halides is 3. The minimum Gasteiger partial charge on any atom is -0.405 e. The van der Waals surface area contributed by atoms with Crippen LogP contribution in [0.25, 0.3) is 11.1 Å². The molecule has 1 atom stereocenters. The number of aromatic nitrogens is 2. The second-order valence-corrected chi connectivity index (χ2v) is 9.17. The maximum Gasteiger partial charge on any atom is 0.573 e. The third kappa shape index (κ3) is 8.44. The van der Waals surface area contributed by atoms with Crippen molar-refractivity contribution in [3.05, 3.63) is 40.8 Å². The number of para-hydroxylation sites is 1. The molecule has 1 aromatic heterocycles. The van der Waals surface area contributed by atoms with Gasteiger partial charge in [0.25, 0.3) is 5.56 Å². The Balaban J connectivity index is 1.95. The summed E-state index contributed by atoms with van der Waals surface area (Å²) in [6, 6.07) is 5.44. The normalized spacial score (nSPS) is 13.6. The summed E-state index contributed by atoms with van der Waals surface area (Å²) in [4.78, 5) is 28.3. The van der Waals surface area contributed by atoms with Crippen molar-refractivity contribution < 1.29 is 32.2 Å². The van der Waals surface area contributed by atoms with Gasteiger partial charge < -0.3 is 14.2 Å². The summed E-state index contributed by atoms with van der Waals surface area (Å²) < 4.78 is 54.6. The van der Waals surface area contributed by atoms with Crippen LogP contribution >= 0.6 is 11.8 Å². The number of benzene rings is 1. The molecule has 11 heteroatoms. The Bertz CT molecular complexity index is 1010.